The highest BCUT2D eigenvalue weighted by Crippen LogP contribution is 2.24. The topological polar surface area (TPSA) is 72.2 Å². The van der Waals surface area contributed by atoms with E-state index in [0.29, 0.717) is 0 Å². The third kappa shape index (κ3) is 2.61. The molecule has 1 aliphatic heterocycles. The van der Waals surface area contributed by atoms with Crippen LogP contribution in [-0.4, -0.2) is 15.0 Å². The Bertz CT molecular complexity index is 465. The zero-order valence-electron chi connectivity index (χ0n) is 9.02. The van der Waals surface area contributed by atoms with Gasteiger partial charge in [0.2, 0.25) is 10.0 Å². The fraction of sp³-hybridized carbons (Fsp3) is 0.455. The minimum atomic E-state index is -3.59. The fourth-order valence-electron chi connectivity index (χ4n) is 2.04. The van der Waals surface area contributed by atoms with Crippen molar-refractivity contribution in [3.05, 3.63) is 29.8 Å². The van der Waals surface area contributed by atoms with Crippen molar-refractivity contribution in [2.24, 2.45) is 5.14 Å². The minimum absolute atomic E-state index is 0.192. The molecular weight excluding hydrogens is 224 g/mol. The number of piperidine rings is 1. The molecule has 0 saturated carbocycles. The summed E-state index contributed by atoms with van der Waals surface area (Å²) in [7, 11) is -3.59. The van der Waals surface area contributed by atoms with E-state index in [0.717, 1.165) is 18.5 Å². The standard InChI is InChI=1S/C11H16N2O2S/c12-16(14,15)10-5-3-4-9(8-10)11-6-1-2-7-13-11/h3-5,8,11,13H,1-2,6-7H2,(H2,12,14,15)/t11-/m0/s1. The second-order valence-electron chi connectivity index (χ2n) is 4.12. The van der Waals surface area contributed by atoms with E-state index in [1.165, 1.54) is 18.9 Å². The molecule has 0 aliphatic carbocycles. The molecular formula is C11H16N2O2S. The zero-order chi connectivity index (χ0) is 11.6. The van der Waals surface area contributed by atoms with Crippen molar-refractivity contribution in [2.75, 3.05) is 6.54 Å². The highest BCUT2D eigenvalue weighted by atomic mass is 32.2. The van der Waals surface area contributed by atoms with Crippen LogP contribution in [-0.2, 0) is 10.0 Å². The van der Waals surface area contributed by atoms with E-state index >= 15 is 0 Å². The van der Waals surface area contributed by atoms with Crippen LogP contribution in [0, 0.1) is 0 Å². The fourth-order valence-corrected chi connectivity index (χ4v) is 2.61. The second-order valence-corrected chi connectivity index (χ2v) is 5.68. The number of rotatable bonds is 2. The first-order valence-corrected chi connectivity index (χ1v) is 6.98. The van der Waals surface area contributed by atoms with Crippen molar-refractivity contribution >= 4 is 10.0 Å². The van der Waals surface area contributed by atoms with Crippen molar-refractivity contribution in [2.45, 2.75) is 30.2 Å². The van der Waals surface area contributed by atoms with Crippen LogP contribution in [0.4, 0.5) is 0 Å². The summed E-state index contributed by atoms with van der Waals surface area (Å²) in [5.74, 6) is 0. The Morgan fingerprint density at radius 2 is 2.12 bits per heavy atom. The van der Waals surface area contributed by atoms with Gasteiger partial charge in [0.15, 0.2) is 0 Å². The van der Waals surface area contributed by atoms with E-state index in [1.807, 2.05) is 6.07 Å². The quantitative estimate of drug-likeness (QED) is 0.814. The van der Waals surface area contributed by atoms with Gasteiger partial charge in [0.1, 0.15) is 0 Å². The lowest BCUT2D eigenvalue weighted by Crippen LogP contribution is -2.27. The Kier molecular flexibility index (Phi) is 3.28. The lowest BCUT2D eigenvalue weighted by atomic mass is 9.98. The van der Waals surface area contributed by atoms with Gasteiger partial charge in [0.25, 0.3) is 0 Å². The van der Waals surface area contributed by atoms with Crippen LogP contribution >= 0.6 is 0 Å². The van der Waals surface area contributed by atoms with Gasteiger partial charge >= 0.3 is 0 Å². The average molecular weight is 240 g/mol. The molecule has 2 rings (SSSR count). The molecule has 0 radical (unpaired) electrons. The van der Waals surface area contributed by atoms with Crippen molar-refractivity contribution in [1.29, 1.82) is 0 Å². The average Bonchev–Trinajstić information content (AvgIpc) is 2.29. The number of hydrogen-bond acceptors (Lipinski definition) is 3. The van der Waals surface area contributed by atoms with E-state index < -0.39 is 10.0 Å². The summed E-state index contributed by atoms with van der Waals surface area (Å²) in [5, 5.41) is 8.49. The van der Waals surface area contributed by atoms with Gasteiger partial charge in [-0.05, 0) is 37.1 Å². The normalized spacial score (nSPS) is 21.9. The van der Waals surface area contributed by atoms with Crippen molar-refractivity contribution in [3.8, 4) is 0 Å². The number of sulfonamides is 1. The van der Waals surface area contributed by atoms with Gasteiger partial charge in [0, 0.05) is 6.04 Å². The van der Waals surface area contributed by atoms with E-state index in [2.05, 4.69) is 5.32 Å². The van der Waals surface area contributed by atoms with Crippen LogP contribution < -0.4 is 10.5 Å². The number of nitrogens with one attached hydrogen (secondary N) is 1. The molecule has 5 heteroatoms. The lowest BCUT2D eigenvalue weighted by molar-refractivity contribution is 0.412. The van der Waals surface area contributed by atoms with Crippen molar-refractivity contribution < 1.29 is 8.42 Å². The van der Waals surface area contributed by atoms with Crippen LogP contribution in [0.2, 0.25) is 0 Å². The van der Waals surface area contributed by atoms with Gasteiger partial charge in [-0.1, -0.05) is 18.6 Å². The molecule has 0 aromatic heterocycles. The number of hydrogen-bond donors (Lipinski definition) is 2. The smallest absolute Gasteiger partial charge is 0.238 e. The van der Waals surface area contributed by atoms with E-state index in [9.17, 15) is 8.42 Å². The molecule has 0 unspecified atom stereocenters. The molecule has 0 spiro atoms. The van der Waals surface area contributed by atoms with Gasteiger partial charge in [-0.3, -0.25) is 0 Å². The van der Waals surface area contributed by atoms with E-state index in [1.54, 1.807) is 12.1 Å². The molecule has 3 N–H and O–H groups in total. The summed E-state index contributed by atoms with van der Waals surface area (Å²) >= 11 is 0. The van der Waals surface area contributed by atoms with Crippen molar-refractivity contribution in [1.82, 2.24) is 5.32 Å². The summed E-state index contributed by atoms with van der Waals surface area (Å²) in [6.45, 7) is 0.990. The highest BCUT2D eigenvalue weighted by Gasteiger charge is 2.16. The Morgan fingerprint density at radius 1 is 1.31 bits per heavy atom. The molecule has 16 heavy (non-hydrogen) atoms. The Hall–Kier alpha value is -0.910. The Morgan fingerprint density at radius 3 is 2.75 bits per heavy atom. The Labute approximate surface area is 95.9 Å². The van der Waals surface area contributed by atoms with Gasteiger partial charge in [-0.2, -0.15) is 0 Å². The molecule has 1 aliphatic rings. The molecule has 0 amide bonds. The molecule has 1 heterocycles. The van der Waals surface area contributed by atoms with Gasteiger partial charge in [0.05, 0.1) is 4.90 Å². The predicted octanol–water partition coefficient (Wildman–Crippen LogP) is 1.15. The monoisotopic (exact) mass is 240 g/mol. The third-order valence-corrected chi connectivity index (χ3v) is 3.81. The third-order valence-electron chi connectivity index (χ3n) is 2.90. The molecule has 1 atom stereocenters. The predicted molar refractivity (Wildman–Crippen MR) is 62.4 cm³/mol. The van der Waals surface area contributed by atoms with Crippen LogP contribution in [0.25, 0.3) is 0 Å². The summed E-state index contributed by atoms with van der Waals surface area (Å²) in [6, 6.07) is 7.14. The minimum Gasteiger partial charge on any atom is -0.310 e. The van der Waals surface area contributed by atoms with Gasteiger partial charge < -0.3 is 5.32 Å². The first kappa shape index (κ1) is 11.6. The molecule has 0 bridgehead atoms. The van der Waals surface area contributed by atoms with Crippen molar-refractivity contribution in [3.63, 3.8) is 0 Å². The first-order chi connectivity index (χ1) is 7.57. The van der Waals surface area contributed by atoms with Gasteiger partial charge in [-0.15, -0.1) is 0 Å². The highest BCUT2D eigenvalue weighted by molar-refractivity contribution is 7.89. The maximum absolute atomic E-state index is 11.2. The zero-order valence-corrected chi connectivity index (χ0v) is 9.83. The van der Waals surface area contributed by atoms with Crippen LogP contribution in [0.3, 0.4) is 0 Å². The molecule has 1 aromatic rings. The maximum Gasteiger partial charge on any atom is 0.238 e. The largest absolute Gasteiger partial charge is 0.310 e. The molecule has 1 saturated heterocycles. The summed E-state index contributed by atoms with van der Waals surface area (Å²) in [6.07, 6.45) is 3.41. The van der Waals surface area contributed by atoms with E-state index in [-0.39, 0.29) is 10.9 Å². The van der Waals surface area contributed by atoms with E-state index in [4.69, 9.17) is 5.14 Å². The van der Waals surface area contributed by atoms with Gasteiger partial charge in [-0.25, -0.2) is 13.6 Å². The molecule has 88 valence electrons. The SMILES string of the molecule is NS(=O)(=O)c1cccc([C@@H]2CCCCN2)c1. The maximum atomic E-state index is 11.2. The van der Waals surface area contributed by atoms with Crippen LogP contribution in [0.15, 0.2) is 29.2 Å². The molecule has 4 nitrogen and oxygen atoms in total. The summed E-state index contributed by atoms with van der Waals surface area (Å²) in [5.41, 5.74) is 1.01. The molecule has 1 aromatic carbocycles. The second kappa shape index (κ2) is 4.53. The first-order valence-electron chi connectivity index (χ1n) is 5.43. The summed E-state index contributed by atoms with van der Waals surface area (Å²) < 4.78 is 22.5. The Balaban J connectivity index is 2.28. The number of primary sulfonamides is 1. The number of nitrogens with two attached hydrogens (primary N) is 1. The summed E-state index contributed by atoms with van der Waals surface area (Å²) in [4.78, 5) is 0.192. The lowest BCUT2D eigenvalue weighted by Gasteiger charge is -2.24. The van der Waals surface area contributed by atoms with Crippen LogP contribution in [0.5, 0.6) is 0 Å². The molecule has 1 fully saturated rings. The number of benzene rings is 1. The van der Waals surface area contributed by atoms with Crippen LogP contribution in [0.1, 0.15) is 30.9 Å².